The van der Waals surface area contributed by atoms with E-state index >= 15 is 0 Å². The molecule has 3 aromatic carbocycles. The quantitative estimate of drug-likeness (QED) is 0.170. The summed E-state index contributed by atoms with van der Waals surface area (Å²) < 4.78 is 11.8. The van der Waals surface area contributed by atoms with Crippen LogP contribution in [0.15, 0.2) is 18.2 Å². The van der Waals surface area contributed by atoms with Crippen molar-refractivity contribution in [1.82, 2.24) is 5.06 Å². The van der Waals surface area contributed by atoms with Crippen molar-refractivity contribution < 1.29 is 43.7 Å². The standard InChI is InChI=1S/C25H9Cl6NO9/c26-8-3-6-11(5-10(8)33)39-22-7(4-9(27)21(36)20(22)31)25(6)16-14(23(37)40-25)18(29)19(30)15(17(16)28)24(38)41-32-12(34)1-2-13(32)35/h3-5,33,36H,1-2H2. The van der Waals surface area contributed by atoms with Crippen LogP contribution >= 0.6 is 69.6 Å². The van der Waals surface area contributed by atoms with Crippen molar-refractivity contribution in [2.45, 2.75) is 18.4 Å². The fraction of sp³-hybridized carbons (Fsp3) is 0.120. The van der Waals surface area contributed by atoms with Gasteiger partial charge in [-0.05, 0) is 12.1 Å². The van der Waals surface area contributed by atoms with Crippen molar-refractivity contribution in [1.29, 1.82) is 0 Å². The van der Waals surface area contributed by atoms with Crippen molar-refractivity contribution >= 4 is 93.4 Å². The maximum Gasteiger partial charge on any atom is 0.367 e. The number of hydrogen-bond donors (Lipinski definition) is 2. The van der Waals surface area contributed by atoms with E-state index in [1.54, 1.807) is 0 Å². The third kappa shape index (κ3) is 3.78. The number of carbonyl (C=O) groups excluding carboxylic acids is 4. The minimum Gasteiger partial charge on any atom is -0.506 e. The smallest absolute Gasteiger partial charge is 0.367 e. The molecule has 0 saturated carbocycles. The van der Waals surface area contributed by atoms with Gasteiger partial charge in [-0.25, -0.2) is 9.59 Å². The molecule has 2 amide bonds. The Kier molecular flexibility index (Phi) is 6.46. The van der Waals surface area contributed by atoms with Gasteiger partial charge in [-0.15, -0.1) is 5.06 Å². The zero-order chi connectivity index (χ0) is 29.7. The summed E-state index contributed by atoms with van der Waals surface area (Å²) in [5, 5.41) is 18.6. The summed E-state index contributed by atoms with van der Waals surface area (Å²) in [4.78, 5) is 55.9. The fourth-order valence-corrected chi connectivity index (χ4v) is 6.52. The van der Waals surface area contributed by atoms with Gasteiger partial charge in [-0.3, -0.25) is 9.59 Å². The molecular formula is C25H9Cl6NO9. The van der Waals surface area contributed by atoms with Crippen LogP contribution in [0.3, 0.4) is 0 Å². The number of imide groups is 1. The van der Waals surface area contributed by atoms with Gasteiger partial charge in [0, 0.05) is 30.0 Å². The number of benzene rings is 3. The Morgan fingerprint density at radius 2 is 1.49 bits per heavy atom. The van der Waals surface area contributed by atoms with Gasteiger partial charge in [-0.2, -0.15) is 0 Å². The lowest BCUT2D eigenvalue weighted by Crippen LogP contribution is -2.34. The molecule has 10 nitrogen and oxygen atoms in total. The van der Waals surface area contributed by atoms with Gasteiger partial charge in [0.2, 0.25) is 0 Å². The third-order valence-corrected chi connectivity index (χ3v) is 8.85. The van der Waals surface area contributed by atoms with E-state index in [1.807, 2.05) is 0 Å². The number of fused-ring (bicyclic) bond motifs is 6. The molecule has 1 unspecified atom stereocenters. The van der Waals surface area contributed by atoms with E-state index in [0.717, 1.165) is 6.07 Å². The second-order valence-electron chi connectivity index (χ2n) is 8.90. The topological polar surface area (TPSA) is 140 Å². The predicted octanol–water partition coefficient (Wildman–Crippen LogP) is 6.81. The first-order chi connectivity index (χ1) is 19.3. The molecule has 1 atom stereocenters. The fourth-order valence-electron chi connectivity index (χ4n) is 4.88. The summed E-state index contributed by atoms with van der Waals surface area (Å²) in [5.41, 5.74) is -3.46. The van der Waals surface area contributed by atoms with Gasteiger partial charge < -0.3 is 24.5 Å². The van der Waals surface area contributed by atoms with Crippen molar-refractivity contribution in [2.75, 3.05) is 0 Å². The lowest BCUT2D eigenvalue weighted by atomic mass is 9.77. The molecule has 0 aliphatic carbocycles. The highest BCUT2D eigenvalue weighted by atomic mass is 35.5. The second-order valence-corrected chi connectivity index (χ2v) is 11.2. The molecule has 0 bridgehead atoms. The van der Waals surface area contributed by atoms with Gasteiger partial charge >= 0.3 is 11.9 Å². The van der Waals surface area contributed by atoms with Crippen LogP contribution in [-0.4, -0.2) is 39.0 Å². The molecular weight excluding hydrogens is 671 g/mol. The number of phenolic OH excluding ortho intramolecular Hbond substituents is 2. The molecule has 0 aromatic heterocycles. The Bertz CT molecular complexity index is 1790. The molecule has 210 valence electrons. The van der Waals surface area contributed by atoms with E-state index in [1.165, 1.54) is 12.1 Å². The highest BCUT2D eigenvalue weighted by Gasteiger charge is 2.58. The summed E-state index contributed by atoms with van der Waals surface area (Å²) in [7, 11) is 0. The zero-order valence-electron chi connectivity index (χ0n) is 19.6. The normalized spacial score (nSPS) is 18.7. The van der Waals surface area contributed by atoms with Gasteiger partial charge in [0.05, 0.1) is 36.2 Å². The first kappa shape index (κ1) is 28.0. The maximum absolute atomic E-state index is 13.4. The maximum atomic E-state index is 13.4. The number of aromatic hydroxyl groups is 2. The van der Waals surface area contributed by atoms with E-state index in [-0.39, 0.29) is 61.7 Å². The number of esters is 1. The summed E-state index contributed by atoms with van der Waals surface area (Å²) >= 11 is 38.5. The third-order valence-electron chi connectivity index (χ3n) is 6.68. The number of amides is 2. The minimum absolute atomic E-state index is 0.0118. The Balaban J connectivity index is 1.69. The van der Waals surface area contributed by atoms with E-state index in [4.69, 9.17) is 83.9 Å². The Labute approximate surface area is 258 Å². The molecule has 16 heteroatoms. The van der Waals surface area contributed by atoms with Crippen LogP contribution in [0, 0.1) is 0 Å². The first-order valence-corrected chi connectivity index (χ1v) is 13.5. The predicted molar refractivity (Wildman–Crippen MR) is 145 cm³/mol. The molecule has 3 heterocycles. The number of phenols is 2. The molecule has 6 rings (SSSR count). The molecule has 41 heavy (non-hydrogen) atoms. The Morgan fingerprint density at radius 3 is 2.15 bits per heavy atom. The van der Waals surface area contributed by atoms with Crippen LogP contribution in [0.5, 0.6) is 23.0 Å². The average molecular weight is 680 g/mol. The second kappa shape index (κ2) is 9.45. The molecule has 0 radical (unpaired) electrons. The molecule has 2 N–H and O–H groups in total. The zero-order valence-corrected chi connectivity index (χ0v) is 24.1. The highest BCUT2D eigenvalue weighted by Crippen LogP contribution is 2.63. The molecule has 1 spiro atoms. The van der Waals surface area contributed by atoms with E-state index < -0.39 is 66.5 Å². The Hall–Kier alpha value is -3.12. The van der Waals surface area contributed by atoms with Crippen LogP contribution in [0.2, 0.25) is 30.1 Å². The van der Waals surface area contributed by atoms with Gasteiger partial charge in [0.15, 0.2) is 17.1 Å². The van der Waals surface area contributed by atoms with Gasteiger partial charge in [0.1, 0.15) is 22.1 Å². The lowest BCUT2D eigenvalue weighted by Gasteiger charge is -2.37. The Morgan fingerprint density at radius 1 is 0.854 bits per heavy atom. The summed E-state index contributed by atoms with van der Waals surface area (Å²) in [5.74, 6) is -5.33. The SMILES string of the molecule is O=C(ON1C(=O)CCC1=O)c1c(Cl)c(Cl)c2c(c1Cl)C1(OC2=O)c2cc(Cl)c(O)cc2Oc2c1cc(Cl)c(O)c2Cl. The number of nitrogens with zero attached hydrogens (tertiary/aromatic N) is 1. The van der Waals surface area contributed by atoms with Crippen molar-refractivity contribution in [3.8, 4) is 23.0 Å². The van der Waals surface area contributed by atoms with Crippen molar-refractivity contribution in [2.24, 2.45) is 0 Å². The molecule has 1 saturated heterocycles. The number of hydroxylamine groups is 2. The van der Waals surface area contributed by atoms with E-state index in [0.29, 0.717) is 0 Å². The number of rotatable bonds is 2. The van der Waals surface area contributed by atoms with E-state index in [9.17, 15) is 29.4 Å². The number of ether oxygens (including phenoxy) is 2. The largest absolute Gasteiger partial charge is 0.506 e. The highest BCUT2D eigenvalue weighted by molar-refractivity contribution is 6.48. The first-order valence-electron chi connectivity index (χ1n) is 11.2. The van der Waals surface area contributed by atoms with Crippen LogP contribution in [0.1, 0.15) is 50.2 Å². The summed E-state index contributed by atoms with van der Waals surface area (Å²) in [6, 6.07) is 3.49. The van der Waals surface area contributed by atoms with Crippen LogP contribution in [0.4, 0.5) is 0 Å². The van der Waals surface area contributed by atoms with E-state index in [2.05, 4.69) is 0 Å². The van der Waals surface area contributed by atoms with Crippen molar-refractivity contribution in [3.63, 3.8) is 0 Å². The molecule has 1 fully saturated rings. The number of carbonyl (C=O) groups is 4. The lowest BCUT2D eigenvalue weighted by molar-refractivity contribution is -0.172. The van der Waals surface area contributed by atoms with Gasteiger partial charge in [0.25, 0.3) is 11.8 Å². The molecule has 3 aliphatic rings. The molecule has 3 aromatic rings. The van der Waals surface area contributed by atoms with Crippen LogP contribution in [-0.2, 0) is 24.8 Å². The summed E-state index contributed by atoms with van der Waals surface area (Å²) in [6.45, 7) is 0. The van der Waals surface area contributed by atoms with Gasteiger partial charge in [-0.1, -0.05) is 69.6 Å². The average Bonchev–Trinajstić information content (AvgIpc) is 3.40. The monoisotopic (exact) mass is 677 g/mol. The minimum atomic E-state index is -2.15. The number of hydrogen-bond acceptors (Lipinski definition) is 9. The number of halogens is 6. The van der Waals surface area contributed by atoms with Crippen molar-refractivity contribution in [3.05, 3.63) is 76.2 Å². The van der Waals surface area contributed by atoms with Crippen LogP contribution in [0.25, 0.3) is 0 Å². The summed E-state index contributed by atoms with van der Waals surface area (Å²) in [6.07, 6.45) is -0.362. The molecule has 3 aliphatic heterocycles. The van der Waals surface area contributed by atoms with Crippen LogP contribution < -0.4 is 4.74 Å².